The fourth-order valence-corrected chi connectivity index (χ4v) is 4.06. The van der Waals surface area contributed by atoms with Gasteiger partial charge in [-0.3, -0.25) is 9.80 Å². The van der Waals surface area contributed by atoms with Gasteiger partial charge in [-0.15, -0.1) is 0 Å². The lowest BCUT2D eigenvalue weighted by molar-refractivity contribution is -0.137. The normalized spacial score (nSPS) is 21.0. The van der Waals surface area contributed by atoms with Gasteiger partial charge in [-0.05, 0) is 55.7 Å². The van der Waals surface area contributed by atoms with E-state index < -0.39 is 35.2 Å². The number of allylic oxidation sites excluding steroid dienone is 1. The summed E-state index contributed by atoms with van der Waals surface area (Å²) < 4.78 is 54.5. The molecule has 30 heavy (non-hydrogen) atoms. The van der Waals surface area contributed by atoms with Crippen LogP contribution in [0.15, 0.2) is 48.6 Å². The van der Waals surface area contributed by atoms with E-state index >= 15 is 0 Å². The minimum atomic E-state index is -4.73. The summed E-state index contributed by atoms with van der Waals surface area (Å²) in [7, 11) is 0. The van der Waals surface area contributed by atoms with Crippen molar-refractivity contribution in [1.82, 2.24) is 0 Å². The summed E-state index contributed by atoms with van der Waals surface area (Å²) in [6.07, 6.45) is 0.248. The number of benzene rings is 2. The monoisotopic (exact) mass is 415 g/mol. The van der Waals surface area contributed by atoms with Crippen LogP contribution in [0.25, 0.3) is 0 Å². The highest BCUT2D eigenvalue weighted by molar-refractivity contribution is 6.08. The highest BCUT2D eigenvalue weighted by Crippen LogP contribution is 2.40. The lowest BCUT2D eigenvalue weighted by atomic mass is 9.95. The Bertz CT molecular complexity index is 1090. The first-order chi connectivity index (χ1) is 14.2. The van der Waals surface area contributed by atoms with Gasteiger partial charge in [0.05, 0.1) is 29.3 Å². The summed E-state index contributed by atoms with van der Waals surface area (Å²) in [5, 5.41) is 9.03. The Hall–Kier alpha value is -3.34. The second-order valence-electron chi connectivity index (χ2n) is 7.36. The van der Waals surface area contributed by atoms with Gasteiger partial charge in [0.25, 0.3) is 0 Å². The number of rotatable bonds is 2. The lowest BCUT2D eigenvalue weighted by Crippen LogP contribution is -2.37. The molecular weight excluding hydrogens is 398 g/mol. The zero-order valence-corrected chi connectivity index (χ0v) is 15.9. The van der Waals surface area contributed by atoms with Crippen LogP contribution in [-0.2, 0) is 6.18 Å². The van der Waals surface area contributed by atoms with E-state index in [1.165, 1.54) is 21.9 Å². The number of alkyl halides is 3. The molecule has 0 radical (unpaired) electrons. The third-order valence-electron chi connectivity index (χ3n) is 5.54. The van der Waals surface area contributed by atoms with Crippen LogP contribution >= 0.6 is 0 Å². The molecule has 0 unspecified atom stereocenters. The Morgan fingerprint density at radius 3 is 2.47 bits per heavy atom. The summed E-state index contributed by atoms with van der Waals surface area (Å²) >= 11 is 0. The maximum Gasteiger partial charge on any atom is 0.417 e. The zero-order valence-electron chi connectivity index (χ0n) is 15.9. The number of carbonyl (C=O) groups is 1. The van der Waals surface area contributed by atoms with Crippen LogP contribution in [-0.4, -0.2) is 18.1 Å². The molecule has 0 bridgehead atoms. The van der Waals surface area contributed by atoms with Crippen LogP contribution in [0.3, 0.4) is 0 Å². The van der Waals surface area contributed by atoms with Gasteiger partial charge in [-0.25, -0.2) is 9.18 Å². The Balaban J connectivity index is 1.82. The van der Waals surface area contributed by atoms with Crippen molar-refractivity contribution in [1.29, 1.82) is 5.26 Å². The van der Waals surface area contributed by atoms with Crippen molar-refractivity contribution in [3.8, 4) is 6.07 Å². The van der Waals surface area contributed by atoms with E-state index in [4.69, 9.17) is 5.26 Å². The van der Waals surface area contributed by atoms with Crippen LogP contribution in [0.2, 0.25) is 0 Å². The summed E-state index contributed by atoms with van der Waals surface area (Å²) in [4.78, 5) is 16.1. The second-order valence-corrected chi connectivity index (χ2v) is 7.36. The average Bonchev–Trinajstić information content (AvgIpc) is 3.01. The lowest BCUT2D eigenvalue weighted by Gasteiger charge is -2.28. The van der Waals surface area contributed by atoms with E-state index in [0.717, 1.165) is 12.1 Å². The molecular formula is C22H17F4N3O. The maximum atomic E-state index is 14.2. The molecule has 8 heteroatoms. The van der Waals surface area contributed by atoms with Gasteiger partial charge in [-0.2, -0.15) is 18.4 Å². The molecule has 2 aliphatic rings. The van der Waals surface area contributed by atoms with Crippen LogP contribution in [0, 0.1) is 24.1 Å². The van der Waals surface area contributed by atoms with Gasteiger partial charge in [0.2, 0.25) is 0 Å². The molecule has 1 aliphatic carbocycles. The third kappa shape index (κ3) is 3.20. The fraction of sp³-hybridized carbons (Fsp3) is 0.273. The Morgan fingerprint density at radius 1 is 1.10 bits per heavy atom. The van der Waals surface area contributed by atoms with Gasteiger partial charge in [0.15, 0.2) is 0 Å². The second kappa shape index (κ2) is 7.17. The predicted molar refractivity (Wildman–Crippen MR) is 104 cm³/mol. The summed E-state index contributed by atoms with van der Waals surface area (Å²) in [5.74, 6) is -0.459. The van der Waals surface area contributed by atoms with Crippen LogP contribution < -0.4 is 9.80 Å². The molecule has 2 aromatic rings. The molecule has 0 spiro atoms. The van der Waals surface area contributed by atoms with E-state index in [1.807, 2.05) is 6.08 Å². The van der Waals surface area contributed by atoms with Crippen molar-refractivity contribution in [3.05, 3.63) is 71.1 Å². The van der Waals surface area contributed by atoms with E-state index in [9.17, 15) is 22.4 Å². The van der Waals surface area contributed by atoms with Crippen LogP contribution in [0.4, 0.5) is 33.7 Å². The average molecular weight is 415 g/mol. The topological polar surface area (TPSA) is 47.3 Å². The number of halogens is 4. The first-order valence-corrected chi connectivity index (χ1v) is 9.39. The highest BCUT2D eigenvalue weighted by atomic mass is 19.4. The van der Waals surface area contributed by atoms with Crippen molar-refractivity contribution in [2.45, 2.75) is 38.0 Å². The van der Waals surface area contributed by atoms with Crippen molar-refractivity contribution in [2.24, 2.45) is 0 Å². The molecule has 2 amide bonds. The number of fused-ring (bicyclic) bond motifs is 1. The standard InChI is InChI=1S/C22H17F4N3O/c1-13-6-8-16(11-18(13)23)29-20-5-3-2-4-19(20)28(21(29)30)15-9-7-14(12-27)17(10-15)22(24,25)26/h2,4,6-11,19-20H,3,5H2,1H3/t19-,20-/m1/s1. The molecule has 2 aromatic carbocycles. The number of urea groups is 1. The molecule has 0 N–H and O–H groups in total. The number of amides is 2. The van der Waals surface area contributed by atoms with E-state index in [2.05, 4.69) is 0 Å². The third-order valence-corrected chi connectivity index (χ3v) is 5.54. The molecule has 1 saturated heterocycles. The highest BCUT2D eigenvalue weighted by Gasteiger charge is 2.47. The number of anilines is 2. The fourth-order valence-electron chi connectivity index (χ4n) is 4.06. The SMILES string of the molecule is Cc1ccc(N2C(=O)N(c3ccc(C#N)c(C(F)(F)F)c3)[C@@H]3C=CCC[C@H]32)cc1F. The maximum absolute atomic E-state index is 14.2. The number of aryl methyl sites for hydroxylation is 1. The Labute approximate surface area is 170 Å². The quantitative estimate of drug-likeness (QED) is 0.476. The summed E-state index contributed by atoms with van der Waals surface area (Å²) in [5.41, 5.74) is -0.759. The molecule has 4 nitrogen and oxygen atoms in total. The van der Waals surface area contributed by atoms with Crippen molar-refractivity contribution < 1.29 is 22.4 Å². The number of carbonyl (C=O) groups excluding carboxylic acids is 1. The van der Waals surface area contributed by atoms with Gasteiger partial charge in [0.1, 0.15) is 5.82 Å². The van der Waals surface area contributed by atoms with Gasteiger partial charge in [0, 0.05) is 11.4 Å². The minimum Gasteiger partial charge on any atom is -0.288 e. The van der Waals surface area contributed by atoms with Gasteiger partial charge in [-0.1, -0.05) is 18.2 Å². The van der Waals surface area contributed by atoms with Gasteiger partial charge >= 0.3 is 12.2 Å². The van der Waals surface area contributed by atoms with E-state index in [0.29, 0.717) is 24.1 Å². The Morgan fingerprint density at radius 2 is 1.80 bits per heavy atom. The zero-order chi connectivity index (χ0) is 21.6. The number of nitrogens with zero attached hydrogens (tertiary/aromatic N) is 3. The molecule has 0 saturated carbocycles. The van der Waals surface area contributed by atoms with Crippen molar-refractivity contribution in [3.63, 3.8) is 0 Å². The molecule has 2 atom stereocenters. The van der Waals surface area contributed by atoms with Crippen LogP contribution in [0.5, 0.6) is 0 Å². The first kappa shape index (κ1) is 20.0. The molecule has 1 aliphatic heterocycles. The molecule has 154 valence electrons. The number of nitriles is 1. The summed E-state index contributed by atoms with van der Waals surface area (Å²) in [6, 6.07) is 7.89. The van der Waals surface area contributed by atoms with Gasteiger partial charge < -0.3 is 0 Å². The van der Waals surface area contributed by atoms with Crippen molar-refractivity contribution >= 4 is 17.4 Å². The van der Waals surface area contributed by atoms with E-state index in [-0.39, 0.29) is 11.7 Å². The first-order valence-electron chi connectivity index (χ1n) is 9.39. The van der Waals surface area contributed by atoms with Crippen LogP contribution in [0.1, 0.15) is 29.5 Å². The number of hydrogen-bond donors (Lipinski definition) is 0. The molecule has 1 fully saturated rings. The Kier molecular flexibility index (Phi) is 4.77. The predicted octanol–water partition coefficient (Wildman–Crippen LogP) is 5.56. The molecule has 4 rings (SSSR count). The summed E-state index contributed by atoms with van der Waals surface area (Å²) in [6.45, 7) is 1.61. The largest absolute Gasteiger partial charge is 0.417 e. The minimum absolute atomic E-state index is 0.0444. The van der Waals surface area contributed by atoms with E-state index in [1.54, 1.807) is 31.2 Å². The smallest absolute Gasteiger partial charge is 0.288 e. The number of hydrogen-bond acceptors (Lipinski definition) is 2. The molecule has 1 heterocycles. The molecule has 0 aromatic heterocycles. The van der Waals surface area contributed by atoms with Crippen molar-refractivity contribution in [2.75, 3.05) is 9.80 Å².